The fourth-order valence-electron chi connectivity index (χ4n) is 3.87. The summed E-state index contributed by atoms with van der Waals surface area (Å²) in [5, 5.41) is 13.1. The van der Waals surface area contributed by atoms with Crippen molar-refractivity contribution in [1.29, 1.82) is 5.26 Å². The van der Waals surface area contributed by atoms with Crippen LogP contribution in [0.1, 0.15) is 49.1 Å². The topological polar surface area (TPSA) is 87.8 Å². The van der Waals surface area contributed by atoms with Crippen LogP contribution in [-0.2, 0) is 24.2 Å². The zero-order valence-electron chi connectivity index (χ0n) is 18.3. The second kappa shape index (κ2) is 9.88. The van der Waals surface area contributed by atoms with Crippen molar-refractivity contribution in [3.05, 3.63) is 50.6 Å². The SMILES string of the molecule is CC(C)CCn1c(SCC(=O)Nc2ccc(C#N)cc2)nc2sc3c(c2c1=O)CCCC3. The summed E-state index contributed by atoms with van der Waals surface area (Å²) >= 11 is 2.94. The first-order valence-corrected chi connectivity index (χ1v) is 12.7. The number of hydrogen-bond donors (Lipinski definition) is 1. The van der Waals surface area contributed by atoms with Crippen LogP contribution < -0.4 is 10.9 Å². The highest BCUT2D eigenvalue weighted by Crippen LogP contribution is 2.34. The minimum Gasteiger partial charge on any atom is -0.325 e. The number of thioether (sulfide) groups is 1. The highest BCUT2D eigenvalue weighted by Gasteiger charge is 2.22. The van der Waals surface area contributed by atoms with Gasteiger partial charge in [0.15, 0.2) is 5.16 Å². The Morgan fingerprint density at radius 3 is 2.75 bits per heavy atom. The molecule has 0 bridgehead atoms. The van der Waals surface area contributed by atoms with Crippen LogP contribution in [0.25, 0.3) is 10.2 Å². The van der Waals surface area contributed by atoms with E-state index in [0.717, 1.165) is 35.9 Å². The number of nitrogens with one attached hydrogen (secondary N) is 1. The van der Waals surface area contributed by atoms with Crippen molar-refractivity contribution in [2.75, 3.05) is 11.1 Å². The van der Waals surface area contributed by atoms with E-state index in [4.69, 9.17) is 10.2 Å². The molecule has 8 heteroatoms. The Kier molecular flexibility index (Phi) is 6.97. The molecule has 0 unspecified atom stereocenters. The maximum Gasteiger partial charge on any atom is 0.263 e. The Bertz CT molecular complexity index is 1240. The second-order valence-electron chi connectivity index (χ2n) is 8.45. The Balaban J connectivity index is 1.58. The highest BCUT2D eigenvalue weighted by molar-refractivity contribution is 7.99. The number of amides is 1. The lowest BCUT2D eigenvalue weighted by molar-refractivity contribution is -0.113. The molecule has 32 heavy (non-hydrogen) atoms. The van der Waals surface area contributed by atoms with Gasteiger partial charge in [-0.2, -0.15) is 5.26 Å². The molecule has 2 heterocycles. The molecule has 1 aromatic carbocycles. The van der Waals surface area contributed by atoms with Crippen LogP contribution in [0.3, 0.4) is 0 Å². The van der Waals surface area contributed by atoms with E-state index in [1.807, 2.05) is 0 Å². The molecule has 1 N–H and O–H groups in total. The molecule has 166 valence electrons. The largest absolute Gasteiger partial charge is 0.325 e. The average Bonchev–Trinajstić information content (AvgIpc) is 3.16. The number of carbonyl (C=O) groups excluding carboxylic acids is 1. The molecule has 0 radical (unpaired) electrons. The van der Waals surface area contributed by atoms with Crippen LogP contribution in [0.2, 0.25) is 0 Å². The van der Waals surface area contributed by atoms with E-state index < -0.39 is 0 Å². The molecule has 3 aromatic rings. The number of benzene rings is 1. The minimum atomic E-state index is -0.171. The number of nitrogens with zero attached hydrogens (tertiary/aromatic N) is 3. The highest BCUT2D eigenvalue weighted by atomic mass is 32.2. The first-order chi connectivity index (χ1) is 15.5. The molecular formula is C24H26N4O2S2. The predicted molar refractivity (Wildman–Crippen MR) is 130 cm³/mol. The first-order valence-electron chi connectivity index (χ1n) is 10.9. The summed E-state index contributed by atoms with van der Waals surface area (Å²) in [5.41, 5.74) is 2.41. The molecule has 0 atom stereocenters. The molecule has 6 nitrogen and oxygen atoms in total. The van der Waals surface area contributed by atoms with E-state index >= 15 is 0 Å². The van der Waals surface area contributed by atoms with Crippen molar-refractivity contribution < 1.29 is 4.79 Å². The smallest absolute Gasteiger partial charge is 0.263 e. The monoisotopic (exact) mass is 466 g/mol. The van der Waals surface area contributed by atoms with Crippen LogP contribution in [0.4, 0.5) is 5.69 Å². The molecule has 1 aliphatic rings. The van der Waals surface area contributed by atoms with Gasteiger partial charge in [0.25, 0.3) is 5.56 Å². The van der Waals surface area contributed by atoms with E-state index in [1.54, 1.807) is 40.2 Å². The Hall–Kier alpha value is -2.63. The average molecular weight is 467 g/mol. The lowest BCUT2D eigenvalue weighted by atomic mass is 9.97. The van der Waals surface area contributed by atoms with E-state index in [-0.39, 0.29) is 17.2 Å². The summed E-state index contributed by atoms with van der Waals surface area (Å²) in [5.74, 6) is 0.450. The van der Waals surface area contributed by atoms with Crippen molar-refractivity contribution in [3.8, 4) is 6.07 Å². The van der Waals surface area contributed by atoms with E-state index in [9.17, 15) is 9.59 Å². The molecule has 0 saturated heterocycles. The summed E-state index contributed by atoms with van der Waals surface area (Å²) in [4.78, 5) is 32.9. The first kappa shape index (κ1) is 22.6. The van der Waals surface area contributed by atoms with Crippen molar-refractivity contribution >= 4 is 44.9 Å². The van der Waals surface area contributed by atoms with E-state index in [1.165, 1.54) is 28.6 Å². The third-order valence-electron chi connectivity index (χ3n) is 5.60. The zero-order valence-corrected chi connectivity index (χ0v) is 19.9. The van der Waals surface area contributed by atoms with Gasteiger partial charge in [0, 0.05) is 17.1 Å². The summed E-state index contributed by atoms with van der Waals surface area (Å²) < 4.78 is 1.77. The third-order valence-corrected chi connectivity index (χ3v) is 7.76. The second-order valence-corrected chi connectivity index (χ2v) is 10.5. The van der Waals surface area contributed by atoms with E-state index in [0.29, 0.717) is 28.9 Å². The van der Waals surface area contributed by atoms with E-state index in [2.05, 4.69) is 25.2 Å². The molecule has 0 aliphatic heterocycles. The molecule has 0 spiro atoms. The van der Waals surface area contributed by atoms with Gasteiger partial charge in [0.1, 0.15) is 4.83 Å². The Morgan fingerprint density at radius 2 is 2.03 bits per heavy atom. The van der Waals surface area contributed by atoms with Gasteiger partial charge in [-0.1, -0.05) is 25.6 Å². The van der Waals surface area contributed by atoms with Gasteiger partial charge < -0.3 is 5.32 Å². The van der Waals surface area contributed by atoms with Gasteiger partial charge in [-0.3, -0.25) is 14.2 Å². The number of carbonyl (C=O) groups is 1. The van der Waals surface area contributed by atoms with Crippen LogP contribution in [0.5, 0.6) is 0 Å². The standard InChI is InChI=1S/C24H26N4O2S2/c1-15(2)11-12-28-23(30)21-18-5-3-4-6-19(18)32-22(21)27-24(28)31-14-20(29)26-17-9-7-16(13-25)8-10-17/h7-10,15H,3-6,11-12,14H2,1-2H3,(H,26,29). The van der Waals surface area contributed by atoms with Crippen LogP contribution in [-0.4, -0.2) is 21.2 Å². The number of thiophene rings is 1. The molecule has 0 fully saturated rings. The number of aromatic nitrogens is 2. The van der Waals surface area contributed by atoms with Gasteiger partial charge in [0.05, 0.1) is 22.8 Å². The summed E-state index contributed by atoms with van der Waals surface area (Å²) in [6.45, 7) is 4.88. The van der Waals surface area contributed by atoms with Gasteiger partial charge in [-0.15, -0.1) is 11.3 Å². The molecule has 1 aliphatic carbocycles. The quantitative estimate of drug-likeness (QED) is 0.392. The molecular weight excluding hydrogens is 440 g/mol. The minimum absolute atomic E-state index is 0.0325. The summed E-state index contributed by atoms with van der Waals surface area (Å²) in [6.07, 6.45) is 5.15. The van der Waals surface area contributed by atoms with Gasteiger partial charge in [-0.05, 0) is 67.9 Å². The maximum atomic E-state index is 13.5. The number of nitriles is 1. The number of rotatable bonds is 7. The van der Waals surface area contributed by atoms with Crippen molar-refractivity contribution in [1.82, 2.24) is 9.55 Å². The fraction of sp³-hybridized carbons (Fsp3) is 0.417. The molecule has 4 rings (SSSR count). The van der Waals surface area contributed by atoms with Gasteiger partial charge in [-0.25, -0.2) is 4.98 Å². The lowest BCUT2D eigenvalue weighted by Gasteiger charge is -2.14. The summed E-state index contributed by atoms with van der Waals surface area (Å²) in [7, 11) is 0. The fourth-order valence-corrected chi connectivity index (χ4v) is 6.00. The predicted octanol–water partition coefficient (Wildman–Crippen LogP) is 4.99. The lowest BCUT2D eigenvalue weighted by Crippen LogP contribution is -2.25. The van der Waals surface area contributed by atoms with Crippen molar-refractivity contribution in [2.45, 2.75) is 57.7 Å². The molecule has 0 saturated carbocycles. The van der Waals surface area contributed by atoms with Crippen LogP contribution >= 0.6 is 23.1 Å². The number of anilines is 1. The summed E-state index contributed by atoms with van der Waals surface area (Å²) in [6, 6.07) is 8.81. The van der Waals surface area contributed by atoms with Crippen molar-refractivity contribution in [3.63, 3.8) is 0 Å². The molecule has 2 aromatic heterocycles. The Morgan fingerprint density at radius 1 is 1.28 bits per heavy atom. The van der Waals surface area contributed by atoms with Crippen LogP contribution in [0.15, 0.2) is 34.2 Å². The maximum absolute atomic E-state index is 13.5. The number of fused-ring (bicyclic) bond motifs is 3. The number of aryl methyl sites for hydroxylation is 2. The Labute approximate surface area is 195 Å². The number of hydrogen-bond acceptors (Lipinski definition) is 6. The molecule has 1 amide bonds. The van der Waals surface area contributed by atoms with Gasteiger partial charge in [0.2, 0.25) is 5.91 Å². The third kappa shape index (κ3) is 4.89. The van der Waals surface area contributed by atoms with Gasteiger partial charge >= 0.3 is 0 Å². The van der Waals surface area contributed by atoms with Crippen molar-refractivity contribution in [2.24, 2.45) is 5.92 Å². The zero-order chi connectivity index (χ0) is 22.7. The normalized spacial score (nSPS) is 13.2. The van der Waals surface area contributed by atoms with Crippen LogP contribution in [0, 0.1) is 17.2 Å².